The van der Waals surface area contributed by atoms with Crippen LogP contribution in [0.1, 0.15) is 23.1 Å². The van der Waals surface area contributed by atoms with Gasteiger partial charge in [0.2, 0.25) is 5.91 Å². The van der Waals surface area contributed by atoms with Crippen molar-refractivity contribution in [3.63, 3.8) is 0 Å². The molecule has 4 nitrogen and oxygen atoms in total. The molecular weight excluding hydrogens is 338 g/mol. The number of rotatable bonds is 8. The lowest BCUT2D eigenvalue weighted by Gasteiger charge is -2.36. The summed E-state index contributed by atoms with van der Waals surface area (Å²) in [5.41, 5.74) is 7.22. The van der Waals surface area contributed by atoms with E-state index in [1.54, 1.807) is 0 Å². The van der Waals surface area contributed by atoms with Gasteiger partial charge in [0, 0.05) is 6.42 Å². The Morgan fingerprint density at radius 2 is 1.19 bits per heavy atom. The quantitative estimate of drug-likeness (QED) is 0.605. The molecule has 3 aromatic carbocycles. The molecule has 0 saturated carbocycles. The summed E-state index contributed by atoms with van der Waals surface area (Å²) < 4.78 is 6.44. The van der Waals surface area contributed by atoms with E-state index >= 15 is 0 Å². The highest BCUT2D eigenvalue weighted by Gasteiger charge is 2.37. The van der Waals surface area contributed by atoms with Crippen LogP contribution in [-0.2, 0) is 15.1 Å². The third kappa shape index (κ3) is 4.08. The molecule has 0 fully saturated rings. The average Bonchev–Trinajstić information content (AvgIpc) is 2.73. The van der Waals surface area contributed by atoms with E-state index in [2.05, 4.69) is 0 Å². The molecule has 0 spiro atoms. The van der Waals surface area contributed by atoms with Crippen molar-refractivity contribution in [1.82, 2.24) is 0 Å². The molecule has 0 saturated heterocycles. The molecule has 3 rings (SSSR count). The van der Waals surface area contributed by atoms with Gasteiger partial charge in [0.05, 0.1) is 6.61 Å². The number of carbonyl (C=O) groups excluding carboxylic acids is 1. The fourth-order valence-electron chi connectivity index (χ4n) is 3.23. The third-order valence-electron chi connectivity index (χ3n) is 4.58. The standard InChI is InChI=1S/C23H23NO3/c24-22(26)21(25)16-17-27-23(18-10-4-1-5-11-18,19-12-6-2-7-13-19)20-14-8-3-9-15-20/h1-15,21,25H,16-17H2,(H2,24,26). The van der Waals surface area contributed by atoms with E-state index in [1.165, 1.54) is 0 Å². The predicted molar refractivity (Wildman–Crippen MR) is 105 cm³/mol. The van der Waals surface area contributed by atoms with Crippen molar-refractivity contribution in [2.24, 2.45) is 5.73 Å². The van der Waals surface area contributed by atoms with E-state index < -0.39 is 17.6 Å². The Labute approximate surface area is 159 Å². The highest BCUT2D eigenvalue weighted by Crippen LogP contribution is 2.40. The maximum atomic E-state index is 11.2. The highest BCUT2D eigenvalue weighted by atomic mass is 16.5. The van der Waals surface area contributed by atoms with Gasteiger partial charge in [-0.15, -0.1) is 0 Å². The van der Waals surface area contributed by atoms with Crippen LogP contribution in [0, 0.1) is 0 Å². The van der Waals surface area contributed by atoms with Crippen molar-refractivity contribution in [2.45, 2.75) is 18.1 Å². The number of amides is 1. The number of carbonyl (C=O) groups is 1. The van der Waals surface area contributed by atoms with E-state index in [-0.39, 0.29) is 13.0 Å². The summed E-state index contributed by atoms with van der Waals surface area (Å²) in [5.74, 6) is -0.747. The van der Waals surface area contributed by atoms with Gasteiger partial charge in [0.25, 0.3) is 0 Å². The van der Waals surface area contributed by atoms with Crippen molar-refractivity contribution in [3.8, 4) is 0 Å². The Morgan fingerprint density at radius 1 is 0.815 bits per heavy atom. The van der Waals surface area contributed by atoms with Gasteiger partial charge < -0.3 is 15.6 Å². The van der Waals surface area contributed by atoms with Crippen LogP contribution in [0.4, 0.5) is 0 Å². The summed E-state index contributed by atoms with van der Waals surface area (Å²) in [7, 11) is 0. The molecule has 0 aliphatic heterocycles. The number of hydrogen-bond acceptors (Lipinski definition) is 3. The Hall–Kier alpha value is -2.95. The molecule has 0 bridgehead atoms. The normalized spacial score (nSPS) is 12.5. The van der Waals surface area contributed by atoms with Gasteiger partial charge in [0.1, 0.15) is 11.7 Å². The van der Waals surface area contributed by atoms with Crippen molar-refractivity contribution < 1.29 is 14.6 Å². The molecule has 0 aliphatic carbocycles. The molecule has 3 N–H and O–H groups in total. The number of aliphatic hydroxyl groups is 1. The number of nitrogens with two attached hydrogens (primary N) is 1. The fraction of sp³-hybridized carbons (Fsp3) is 0.174. The lowest BCUT2D eigenvalue weighted by atomic mass is 9.80. The second-order valence-corrected chi connectivity index (χ2v) is 6.33. The Morgan fingerprint density at radius 3 is 1.52 bits per heavy atom. The molecule has 27 heavy (non-hydrogen) atoms. The van der Waals surface area contributed by atoms with E-state index in [9.17, 15) is 9.90 Å². The first-order valence-electron chi connectivity index (χ1n) is 8.92. The number of hydrogen-bond donors (Lipinski definition) is 2. The van der Waals surface area contributed by atoms with E-state index in [1.807, 2.05) is 91.0 Å². The number of benzene rings is 3. The minimum Gasteiger partial charge on any atom is -0.383 e. The molecular formula is C23H23NO3. The lowest BCUT2D eigenvalue weighted by molar-refractivity contribution is -0.127. The van der Waals surface area contributed by atoms with Crippen LogP contribution in [0.5, 0.6) is 0 Å². The van der Waals surface area contributed by atoms with Gasteiger partial charge in [-0.1, -0.05) is 91.0 Å². The van der Waals surface area contributed by atoms with Crippen LogP contribution in [0.2, 0.25) is 0 Å². The molecule has 4 heteroatoms. The largest absolute Gasteiger partial charge is 0.383 e. The van der Waals surface area contributed by atoms with Crippen LogP contribution in [-0.4, -0.2) is 23.7 Å². The summed E-state index contributed by atoms with van der Waals surface area (Å²) in [4.78, 5) is 11.2. The third-order valence-corrected chi connectivity index (χ3v) is 4.58. The Bertz CT molecular complexity index is 754. The Balaban J connectivity index is 2.10. The molecule has 0 aliphatic rings. The van der Waals surface area contributed by atoms with Gasteiger partial charge >= 0.3 is 0 Å². The first kappa shape index (κ1) is 18.8. The maximum absolute atomic E-state index is 11.2. The minimum atomic E-state index is -1.23. The lowest BCUT2D eigenvalue weighted by Crippen LogP contribution is -2.35. The van der Waals surface area contributed by atoms with Gasteiger partial charge in [0.15, 0.2) is 0 Å². The van der Waals surface area contributed by atoms with Crippen LogP contribution in [0.25, 0.3) is 0 Å². The summed E-state index contributed by atoms with van der Waals surface area (Å²) in [6.45, 7) is 0.169. The van der Waals surface area contributed by atoms with Crippen LogP contribution < -0.4 is 5.73 Å². The maximum Gasteiger partial charge on any atom is 0.246 e. The smallest absolute Gasteiger partial charge is 0.246 e. The van der Waals surface area contributed by atoms with E-state index in [0.717, 1.165) is 16.7 Å². The number of aliphatic hydroxyl groups excluding tert-OH is 1. The summed E-state index contributed by atoms with van der Waals surface area (Å²) in [6.07, 6.45) is -1.10. The molecule has 138 valence electrons. The number of ether oxygens (including phenoxy) is 1. The van der Waals surface area contributed by atoms with Gasteiger partial charge in [-0.05, 0) is 16.7 Å². The van der Waals surface area contributed by atoms with E-state index in [0.29, 0.717) is 0 Å². The molecule has 1 unspecified atom stereocenters. The van der Waals surface area contributed by atoms with Crippen molar-refractivity contribution in [2.75, 3.05) is 6.61 Å². The van der Waals surface area contributed by atoms with Crippen LogP contribution >= 0.6 is 0 Å². The zero-order valence-electron chi connectivity index (χ0n) is 15.0. The molecule has 1 amide bonds. The molecule has 1 atom stereocenters. The molecule has 0 aromatic heterocycles. The first-order valence-corrected chi connectivity index (χ1v) is 8.92. The Kier molecular flexibility index (Phi) is 6.01. The minimum absolute atomic E-state index is 0.129. The van der Waals surface area contributed by atoms with Crippen molar-refractivity contribution >= 4 is 5.91 Å². The SMILES string of the molecule is NC(=O)C(O)CCOC(c1ccccc1)(c1ccccc1)c1ccccc1. The molecule has 0 heterocycles. The fourth-order valence-corrected chi connectivity index (χ4v) is 3.23. The average molecular weight is 361 g/mol. The molecule has 3 aromatic rings. The first-order chi connectivity index (χ1) is 13.1. The van der Waals surface area contributed by atoms with Crippen LogP contribution in [0.3, 0.4) is 0 Å². The van der Waals surface area contributed by atoms with Gasteiger partial charge in [-0.25, -0.2) is 0 Å². The summed E-state index contributed by atoms with van der Waals surface area (Å²) in [5, 5.41) is 9.78. The number of primary amides is 1. The predicted octanol–water partition coefficient (Wildman–Crippen LogP) is 3.23. The second-order valence-electron chi connectivity index (χ2n) is 6.33. The second kappa shape index (κ2) is 8.62. The van der Waals surface area contributed by atoms with Crippen molar-refractivity contribution in [1.29, 1.82) is 0 Å². The summed E-state index contributed by atoms with van der Waals surface area (Å²) in [6, 6.07) is 29.8. The molecule has 0 radical (unpaired) electrons. The monoisotopic (exact) mass is 361 g/mol. The van der Waals surface area contributed by atoms with Crippen LogP contribution in [0.15, 0.2) is 91.0 Å². The van der Waals surface area contributed by atoms with Gasteiger partial charge in [-0.2, -0.15) is 0 Å². The summed E-state index contributed by atoms with van der Waals surface area (Å²) >= 11 is 0. The zero-order chi connectivity index (χ0) is 19.1. The van der Waals surface area contributed by atoms with Gasteiger partial charge in [-0.3, -0.25) is 4.79 Å². The zero-order valence-corrected chi connectivity index (χ0v) is 15.0. The highest BCUT2D eigenvalue weighted by molar-refractivity contribution is 5.78. The van der Waals surface area contributed by atoms with Crippen molar-refractivity contribution in [3.05, 3.63) is 108 Å². The van der Waals surface area contributed by atoms with E-state index in [4.69, 9.17) is 10.5 Å². The topological polar surface area (TPSA) is 72.6 Å².